The van der Waals surface area contributed by atoms with E-state index in [2.05, 4.69) is 17.4 Å². The quantitative estimate of drug-likeness (QED) is 0.521. The molecule has 42 valence electrons. The van der Waals surface area contributed by atoms with E-state index in [4.69, 9.17) is 4.42 Å². The van der Waals surface area contributed by atoms with Gasteiger partial charge in [-0.25, -0.2) is 4.98 Å². The van der Waals surface area contributed by atoms with Gasteiger partial charge in [0.15, 0.2) is 5.58 Å². The molecule has 1 heterocycles. The third kappa shape index (κ3) is 0.598. The second-order valence-corrected chi connectivity index (χ2v) is 1.69. The van der Waals surface area contributed by atoms with Crippen LogP contribution in [0.5, 0.6) is 0 Å². The van der Waals surface area contributed by atoms with Crippen molar-refractivity contribution in [1.82, 2.24) is 4.98 Å². The van der Waals surface area contributed by atoms with Crippen molar-refractivity contribution >= 4 is 11.1 Å². The van der Waals surface area contributed by atoms with E-state index >= 15 is 0 Å². The molecule has 0 saturated heterocycles. The van der Waals surface area contributed by atoms with Gasteiger partial charge in [-0.3, -0.25) is 0 Å². The van der Waals surface area contributed by atoms with Gasteiger partial charge in [0.05, 0.1) is 0 Å². The van der Waals surface area contributed by atoms with Gasteiger partial charge in [0.25, 0.3) is 6.39 Å². The molecule has 2 heteroatoms. The van der Waals surface area contributed by atoms with Gasteiger partial charge in [0, 0.05) is 6.07 Å². The minimum Gasteiger partial charge on any atom is -0.432 e. The minimum atomic E-state index is 0.664. The van der Waals surface area contributed by atoms with E-state index in [1.807, 2.05) is 12.1 Å². The zero-order valence-electron chi connectivity index (χ0n) is 4.59. The van der Waals surface area contributed by atoms with Gasteiger partial charge in [-0.05, 0) is 6.07 Å². The van der Waals surface area contributed by atoms with E-state index < -0.39 is 0 Å². The Morgan fingerprint density at radius 1 is 1.56 bits per heavy atom. The molecule has 9 heavy (non-hydrogen) atoms. The van der Waals surface area contributed by atoms with Crippen molar-refractivity contribution in [3.8, 4) is 0 Å². The highest BCUT2D eigenvalue weighted by Gasteiger charge is 1.92. The van der Waals surface area contributed by atoms with Crippen molar-refractivity contribution in [3.63, 3.8) is 0 Å². The van der Waals surface area contributed by atoms with E-state index in [1.54, 1.807) is 6.07 Å². The number of hydrogen-bond donors (Lipinski definition) is 0. The molecule has 0 fully saturated rings. The normalized spacial score (nSPS) is 10.2. The maximum Gasteiger partial charge on any atom is 0.284 e. The summed E-state index contributed by atoms with van der Waals surface area (Å²) in [5, 5.41) is 0. The Hall–Kier alpha value is -1.31. The van der Waals surface area contributed by atoms with Crippen molar-refractivity contribution in [2.24, 2.45) is 0 Å². The Balaban J connectivity index is 2.95. The van der Waals surface area contributed by atoms with Crippen molar-refractivity contribution in [1.29, 1.82) is 0 Å². The largest absolute Gasteiger partial charge is 0.432 e. The Labute approximate surface area is 52.1 Å². The van der Waals surface area contributed by atoms with Crippen LogP contribution in [-0.2, 0) is 0 Å². The number of para-hydroxylation sites is 1. The highest BCUT2D eigenvalue weighted by molar-refractivity contribution is 5.70. The Morgan fingerprint density at radius 2 is 2.56 bits per heavy atom. The molecule has 0 N–H and O–H groups in total. The molecular weight excluding hydrogens is 114 g/mol. The van der Waals surface area contributed by atoms with Crippen LogP contribution in [0.3, 0.4) is 0 Å². The van der Waals surface area contributed by atoms with Crippen LogP contribution in [0, 0.1) is 12.5 Å². The number of oxazole rings is 1. The van der Waals surface area contributed by atoms with Gasteiger partial charge in [-0.1, -0.05) is 12.1 Å². The monoisotopic (exact) mass is 117 g/mol. The lowest BCUT2D eigenvalue weighted by molar-refractivity contribution is 0.590. The van der Waals surface area contributed by atoms with Crippen LogP contribution < -0.4 is 0 Å². The summed E-state index contributed by atoms with van der Waals surface area (Å²) in [7, 11) is 0. The highest BCUT2D eigenvalue weighted by Crippen LogP contribution is 2.07. The molecule has 2 nitrogen and oxygen atoms in total. The van der Waals surface area contributed by atoms with Gasteiger partial charge in [-0.15, -0.1) is 0 Å². The summed E-state index contributed by atoms with van der Waals surface area (Å²) in [4.78, 5) is 3.80. The molecule has 0 spiro atoms. The van der Waals surface area contributed by atoms with Gasteiger partial charge in [0.2, 0.25) is 0 Å². The van der Waals surface area contributed by atoms with Crippen LogP contribution in [0.1, 0.15) is 0 Å². The fraction of sp³-hybridized carbons (Fsp3) is 0. The van der Waals surface area contributed by atoms with Crippen LogP contribution in [0.2, 0.25) is 0 Å². The zero-order valence-corrected chi connectivity index (χ0v) is 4.59. The third-order valence-corrected chi connectivity index (χ3v) is 1.11. The SMILES string of the molecule is [c]1nc2ccc[c]c2o1. The van der Waals surface area contributed by atoms with Gasteiger partial charge < -0.3 is 4.42 Å². The van der Waals surface area contributed by atoms with Crippen LogP contribution in [0.15, 0.2) is 22.6 Å². The number of fused-ring (bicyclic) bond motifs is 1. The van der Waals surface area contributed by atoms with Crippen molar-refractivity contribution in [2.75, 3.05) is 0 Å². The number of rotatable bonds is 0. The molecule has 0 saturated carbocycles. The molecule has 0 atom stereocenters. The molecule has 0 aliphatic rings. The second kappa shape index (κ2) is 1.58. The van der Waals surface area contributed by atoms with Gasteiger partial charge in [0.1, 0.15) is 5.52 Å². The van der Waals surface area contributed by atoms with Gasteiger partial charge >= 0.3 is 0 Å². The molecule has 0 bridgehead atoms. The van der Waals surface area contributed by atoms with Gasteiger partial charge in [-0.2, -0.15) is 0 Å². The Bertz CT molecular complexity index is 283. The summed E-state index contributed by atoms with van der Waals surface area (Å²) in [5.41, 5.74) is 1.47. The number of benzene rings is 1. The van der Waals surface area contributed by atoms with E-state index in [0.717, 1.165) is 5.52 Å². The predicted molar refractivity (Wildman–Crippen MR) is 31.7 cm³/mol. The average molecular weight is 117 g/mol. The van der Waals surface area contributed by atoms with E-state index in [-0.39, 0.29) is 0 Å². The average Bonchev–Trinajstić information content (AvgIpc) is 2.33. The lowest BCUT2D eigenvalue weighted by Crippen LogP contribution is -1.62. The fourth-order valence-electron chi connectivity index (χ4n) is 0.700. The Morgan fingerprint density at radius 3 is 3.44 bits per heavy atom. The van der Waals surface area contributed by atoms with Crippen LogP contribution in [-0.4, -0.2) is 4.98 Å². The second-order valence-electron chi connectivity index (χ2n) is 1.69. The number of aromatic nitrogens is 1. The van der Waals surface area contributed by atoms with Crippen LogP contribution in [0.4, 0.5) is 0 Å². The molecule has 2 radical (unpaired) electrons. The van der Waals surface area contributed by atoms with E-state index in [0.29, 0.717) is 5.58 Å². The summed E-state index contributed by atoms with van der Waals surface area (Å²) >= 11 is 0. The first-order chi connectivity index (χ1) is 4.47. The first-order valence-corrected chi connectivity index (χ1v) is 2.60. The highest BCUT2D eigenvalue weighted by atomic mass is 16.3. The molecule has 0 amide bonds. The molecule has 0 aliphatic heterocycles. The maximum atomic E-state index is 4.83. The molecule has 0 aliphatic carbocycles. The van der Waals surface area contributed by atoms with E-state index in [9.17, 15) is 0 Å². The zero-order chi connectivity index (χ0) is 6.10. The molecule has 1 aromatic carbocycles. The maximum absolute atomic E-state index is 4.83. The lowest BCUT2D eigenvalue weighted by Gasteiger charge is -1.78. The number of nitrogens with zero attached hydrogens (tertiary/aromatic N) is 1. The summed E-state index contributed by atoms with van der Waals surface area (Å²) in [6.45, 7) is 0. The first-order valence-electron chi connectivity index (χ1n) is 2.60. The minimum absolute atomic E-state index is 0.664. The smallest absolute Gasteiger partial charge is 0.284 e. The third-order valence-electron chi connectivity index (χ3n) is 1.11. The topological polar surface area (TPSA) is 26.0 Å². The van der Waals surface area contributed by atoms with Crippen molar-refractivity contribution in [3.05, 3.63) is 30.7 Å². The molecule has 0 unspecified atom stereocenters. The molecule has 2 aromatic rings. The van der Waals surface area contributed by atoms with Crippen molar-refractivity contribution in [2.45, 2.75) is 0 Å². The molecule has 1 aromatic heterocycles. The van der Waals surface area contributed by atoms with Crippen LogP contribution >= 0.6 is 0 Å². The first kappa shape index (κ1) is 4.56. The molecule has 2 rings (SSSR count). The fourth-order valence-corrected chi connectivity index (χ4v) is 0.700. The van der Waals surface area contributed by atoms with E-state index in [1.165, 1.54) is 0 Å². The predicted octanol–water partition coefficient (Wildman–Crippen LogP) is 1.43. The van der Waals surface area contributed by atoms with Crippen molar-refractivity contribution < 1.29 is 4.42 Å². The summed E-state index contributed by atoms with van der Waals surface area (Å²) < 4.78 is 4.83. The molecular formula is C7H3NO. The standard InChI is InChI=1S/C7H3NO/c1-2-4-7-6(3-1)8-5-9-7/h1-3H. The summed E-state index contributed by atoms with van der Waals surface area (Å²) in [6, 6.07) is 8.36. The summed E-state index contributed by atoms with van der Waals surface area (Å²) in [6.07, 6.45) is 2.38. The number of hydrogen-bond acceptors (Lipinski definition) is 2. The Kier molecular flexibility index (Phi) is 0.803. The lowest BCUT2D eigenvalue weighted by atomic mass is 10.3. The van der Waals surface area contributed by atoms with Crippen LogP contribution in [0.25, 0.3) is 11.1 Å². The summed E-state index contributed by atoms with van der Waals surface area (Å²) in [5.74, 6) is 0.